The summed E-state index contributed by atoms with van der Waals surface area (Å²) in [5.74, 6) is 1.15. The summed E-state index contributed by atoms with van der Waals surface area (Å²) in [6.07, 6.45) is 2.84. The van der Waals surface area contributed by atoms with Crippen LogP contribution in [0.5, 0.6) is 5.75 Å². The van der Waals surface area contributed by atoms with Crippen LogP contribution in [0.1, 0.15) is 59.4 Å². The molecule has 4 nitrogen and oxygen atoms in total. The highest BCUT2D eigenvalue weighted by molar-refractivity contribution is 5.97. The average molecular weight is 335 g/mol. The molecule has 0 unspecified atom stereocenters. The number of nitrogens with one attached hydrogen (secondary N) is 1. The SMILES string of the molecule is CCCCOc1ccc(NC(=O)[C@](C)(CC(C)C)OCC)cc1C. The van der Waals surface area contributed by atoms with E-state index in [2.05, 4.69) is 26.1 Å². The first kappa shape index (κ1) is 20.5. The zero-order chi connectivity index (χ0) is 18.2. The number of carbonyl (C=O) groups excluding carboxylic acids is 1. The van der Waals surface area contributed by atoms with Gasteiger partial charge in [-0.2, -0.15) is 0 Å². The van der Waals surface area contributed by atoms with Crippen molar-refractivity contribution in [3.8, 4) is 5.75 Å². The Morgan fingerprint density at radius 2 is 2.00 bits per heavy atom. The largest absolute Gasteiger partial charge is 0.493 e. The molecule has 1 aromatic carbocycles. The molecule has 1 aromatic rings. The fraction of sp³-hybridized carbons (Fsp3) is 0.650. The van der Waals surface area contributed by atoms with Gasteiger partial charge >= 0.3 is 0 Å². The molecule has 0 aliphatic heterocycles. The van der Waals surface area contributed by atoms with Gasteiger partial charge in [-0.1, -0.05) is 27.2 Å². The summed E-state index contributed by atoms with van der Waals surface area (Å²) in [7, 11) is 0. The van der Waals surface area contributed by atoms with Crippen LogP contribution in [0, 0.1) is 12.8 Å². The van der Waals surface area contributed by atoms with E-state index in [1.54, 1.807) is 0 Å². The topological polar surface area (TPSA) is 47.6 Å². The Bertz CT molecular complexity index is 528. The van der Waals surface area contributed by atoms with E-state index in [1.165, 1.54) is 0 Å². The zero-order valence-corrected chi connectivity index (χ0v) is 16.1. The third kappa shape index (κ3) is 6.16. The highest BCUT2D eigenvalue weighted by Crippen LogP contribution is 2.26. The molecule has 0 saturated carbocycles. The van der Waals surface area contributed by atoms with Gasteiger partial charge in [0.1, 0.15) is 11.4 Å². The second kappa shape index (κ2) is 9.67. The van der Waals surface area contributed by atoms with Gasteiger partial charge < -0.3 is 14.8 Å². The minimum Gasteiger partial charge on any atom is -0.493 e. The van der Waals surface area contributed by atoms with Crippen molar-refractivity contribution in [2.75, 3.05) is 18.5 Å². The molecule has 0 heterocycles. The van der Waals surface area contributed by atoms with Crippen LogP contribution in [0.4, 0.5) is 5.69 Å². The number of ether oxygens (including phenoxy) is 2. The standard InChI is InChI=1S/C20H33NO3/c1-7-9-12-23-18-11-10-17(13-16(18)5)21-19(22)20(6,24-8-2)14-15(3)4/h10-11,13,15H,7-9,12,14H2,1-6H3,(H,21,22)/t20-/m0/s1. The Morgan fingerprint density at radius 3 is 2.54 bits per heavy atom. The quantitative estimate of drug-likeness (QED) is 0.615. The first-order valence-electron chi connectivity index (χ1n) is 9.01. The fourth-order valence-electron chi connectivity index (χ4n) is 2.79. The number of hydrogen-bond donors (Lipinski definition) is 1. The van der Waals surface area contributed by atoms with Gasteiger partial charge in [0.15, 0.2) is 0 Å². The molecule has 1 atom stereocenters. The van der Waals surface area contributed by atoms with Gasteiger partial charge in [0.2, 0.25) is 0 Å². The van der Waals surface area contributed by atoms with Crippen LogP contribution in [-0.4, -0.2) is 24.7 Å². The molecule has 0 spiro atoms. The Hall–Kier alpha value is -1.55. The van der Waals surface area contributed by atoms with Crippen LogP contribution >= 0.6 is 0 Å². The van der Waals surface area contributed by atoms with Gasteiger partial charge in [-0.05, 0) is 63.3 Å². The van der Waals surface area contributed by atoms with Crippen LogP contribution in [-0.2, 0) is 9.53 Å². The van der Waals surface area contributed by atoms with E-state index < -0.39 is 5.60 Å². The van der Waals surface area contributed by atoms with E-state index in [9.17, 15) is 4.79 Å². The lowest BCUT2D eigenvalue weighted by Crippen LogP contribution is -2.44. The van der Waals surface area contributed by atoms with Gasteiger partial charge in [-0.3, -0.25) is 4.79 Å². The van der Waals surface area contributed by atoms with Crippen molar-refractivity contribution in [2.45, 2.75) is 66.4 Å². The molecule has 0 aliphatic carbocycles. The molecule has 0 aliphatic rings. The first-order chi connectivity index (χ1) is 11.3. The predicted octanol–water partition coefficient (Wildman–Crippen LogP) is 4.95. The molecule has 0 radical (unpaired) electrons. The molecular formula is C20H33NO3. The highest BCUT2D eigenvalue weighted by Gasteiger charge is 2.34. The normalized spacial score (nSPS) is 13.6. The minimum absolute atomic E-state index is 0.0999. The number of benzene rings is 1. The van der Waals surface area contributed by atoms with Gasteiger partial charge in [-0.25, -0.2) is 0 Å². The second-order valence-electron chi connectivity index (χ2n) is 6.90. The maximum absolute atomic E-state index is 12.7. The van der Waals surface area contributed by atoms with Crippen LogP contribution in [0.25, 0.3) is 0 Å². The monoisotopic (exact) mass is 335 g/mol. The van der Waals surface area contributed by atoms with Crippen molar-refractivity contribution in [2.24, 2.45) is 5.92 Å². The lowest BCUT2D eigenvalue weighted by atomic mass is 9.93. The lowest BCUT2D eigenvalue weighted by Gasteiger charge is -2.30. The molecule has 0 saturated heterocycles. The van der Waals surface area contributed by atoms with Crippen molar-refractivity contribution < 1.29 is 14.3 Å². The number of carbonyl (C=O) groups is 1. The summed E-state index contributed by atoms with van der Waals surface area (Å²) in [4.78, 5) is 12.7. The summed E-state index contributed by atoms with van der Waals surface area (Å²) in [6, 6.07) is 5.75. The molecule has 1 amide bonds. The molecule has 136 valence electrons. The maximum atomic E-state index is 12.7. The minimum atomic E-state index is -0.812. The molecule has 0 bridgehead atoms. The van der Waals surface area contributed by atoms with Crippen molar-refractivity contribution >= 4 is 11.6 Å². The van der Waals surface area contributed by atoms with Gasteiger partial charge in [0.05, 0.1) is 6.61 Å². The van der Waals surface area contributed by atoms with Crippen molar-refractivity contribution in [3.05, 3.63) is 23.8 Å². The van der Waals surface area contributed by atoms with Crippen LogP contribution in [0.3, 0.4) is 0 Å². The Balaban J connectivity index is 2.79. The zero-order valence-electron chi connectivity index (χ0n) is 16.1. The third-order valence-electron chi connectivity index (χ3n) is 3.93. The van der Waals surface area contributed by atoms with E-state index in [0.29, 0.717) is 18.9 Å². The van der Waals surface area contributed by atoms with E-state index in [4.69, 9.17) is 9.47 Å². The average Bonchev–Trinajstić information content (AvgIpc) is 2.49. The summed E-state index contributed by atoms with van der Waals surface area (Å²) < 4.78 is 11.5. The molecule has 0 fully saturated rings. The molecular weight excluding hydrogens is 302 g/mol. The Labute approximate surface area is 146 Å². The number of aryl methyl sites for hydroxylation is 1. The van der Waals surface area contributed by atoms with Crippen molar-refractivity contribution in [3.63, 3.8) is 0 Å². The lowest BCUT2D eigenvalue weighted by molar-refractivity contribution is -0.140. The number of rotatable bonds is 10. The highest BCUT2D eigenvalue weighted by atomic mass is 16.5. The van der Waals surface area contributed by atoms with Crippen LogP contribution in [0.15, 0.2) is 18.2 Å². The fourth-order valence-corrected chi connectivity index (χ4v) is 2.79. The molecule has 4 heteroatoms. The summed E-state index contributed by atoms with van der Waals surface area (Å²) in [5, 5.41) is 2.99. The number of anilines is 1. The molecule has 1 rings (SSSR count). The molecule has 24 heavy (non-hydrogen) atoms. The summed E-state index contributed by atoms with van der Waals surface area (Å²) >= 11 is 0. The Morgan fingerprint density at radius 1 is 1.29 bits per heavy atom. The van der Waals surface area contributed by atoms with E-state index >= 15 is 0 Å². The third-order valence-corrected chi connectivity index (χ3v) is 3.93. The number of hydrogen-bond acceptors (Lipinski definition) is 3. The summed E-state index contributed by atoms with van der Waals surface area (Å²) in [6.45, 7) is 13.3. The van der Waals surface area contributed by atoms with Gasteiger partial charge in [0.25, 0.3) is 5.91 Å². The van der Waals surface area contributed by atoms with Crippen molar-refractivity contribution in [1.29, 1.82) is 0 Å². The predicted molar refractivity (Wildman–Crippen MR) is 99.7 cm³/mol. The Kier molecular flexibility index (Phi) is 8.26. The maximum Gasteiger partial charge on any atom is 0.256 e. The van der Waals surface area contributed by atoms with Crippen molar-refractivity contribution in [1.82, 2.24) is 0 Å². The van der Waals surface area contributed by atoms with E-state index in [1.807, 2.05) is 39.0 Å². The molecule has 1 N–H and O–H groups in total. The summed E-state index contributed by atoms with van der Waals surface area (Å²) in [5.41, 5.74) is 0.980. The smallest absolute Gasteiger partial charge is 0.256 e. The first-order valence-corrected chi connectivity index (χ1v) is 9.01. The van der Waals surface area contributed by atoms with Gasteiger partial charge in [-0.15, -0.1) is 0 Å². The van der Waals surface area contributed by atoms with Crippen LogP contribution in [0.2, 0.25) is 0 Å². The van der Waals surface area contributed by atoms with Crippen LogP contribution < -0.4 is 10.1 Å². The number of unbranched alkanes of at least 4 members (excludes halogenated alkanes) is 1. The van der Waals surface area contributed by atoms with E-state index in [0.717, 1.165) is 36.4 Å². The van der Waals surface area contributed by atoms with Gasteiger partial charge in [0, 0.05) is 12.3 Å². The van der Waals surface area contributed by atoms with E-state index in [-0.39, 0.29) is 5.91 Å². The number of amides is 1. The second-order valence-corrected chi connectivity index (χ2v) is 6.90. The molecule has 0 aromatic heterocycles.